The molecule has 0 unspecified atom stereocenters. The van der Waals surface area contributed by atoms with Crippen LogP contribution in [0.3, 0.4) is 0 Å². The van der Waals surface area contributed by atoms with Gasteiger partial charge < -0.3 is 5.32 Å². The molecule has 1 amide bonds. The fraction of sp³-hybridized carbons (Fsp3) is 0.111. The van der Waals surface area contributed by atoms with E-state index in [4.69, 9.17) is 0 Å². The van der Waals surface area contributed by atoms with Crippen LogP contribution in [0.15, 0.2) is 33.4 Å². The summed E-state index contributed by atoms with van der Waals surface area (Å²) in [7, 11) is 0. The van der Waals surface area contributed by atoms with Gasteiger partial charge in [-0.15, -0.1) is 10.2 Å². The van der Waals surface area contributed by atoms with E-state index in [0.717, 1.165) is 24.5 Å². The molecule has 0 spiro atoms. The number of carbonyl (C=O) groups excluding carboxylic acids is 1. The van der Waals surface area contributed by atoms with Crippen molar-refractivity contribution in [3.8, 4) is 0 Å². The molecule has 102 valence electrons. The van der Waals surface area contributed by atoms with Crippen LogP contribution < -0.4 is 5.32 Å². The van der Waals surface area contributed by atoms with Gasteiger partial charge in [0.05, 0.1) is 21.5 Å². The van der Waals surface area contributed by atoms with E-state index < -0.39 is 33.4 Å². The minimum Gasteiger partial charge on any atom is -0.310 e. The molecule has 0 aliphatic carbocycles. The van der Waals surface area contributed by atoms with Gasteiger partial charge in [-0.05, 0) is 0 Å². The lowest BCUT2D eigenvalue weighted by molar-refractivity contribution is -0.394. The van der Waals surface area contributed by atoms with Crippen molar-refractivity contribution in [3.05, 3.63) is 44.0 Å². The lowest BCUT2D eigenvalue weighted by Crippen LogP contribution is -2.31. The quantitative estimate of drug-likeness (QED) is 0.643. The van der Waals surface area contributed by atoms with Crippen LogP contribution in [0.2, 0.25) is 0 Å². The van der Waals surface area contributed by atoms with E-state index in [1.807, 2.05) is 0 Å². The first-order valence-corrected chi connectivity index (χ1v) is 5.14. The number of benzene rings is 1. The Kier molecular flexibility index (Phi) is 3.41. The van der Waals surface area contributed by atoms with E-state index in [9.17, 15) is 25.0 Å². The number of amides is 1. The molecular formula is C9H6N6O5. The Morgan fingerprint density at radius 1 is 1.15 bits per heavy atom. The molecule has 0 aromatic heterocycles. The lowest BCUT2D eigenvalue weighted by Gasteiger charge is -2.06. The van der Waals surface area contributed by atoms with Gasteiger partial charge >= 0.3 is 0 Å². The first kappa shape index (κ1) is 13.2. The summed E-state index contributed by atoms with van der Waals surface area (Å²) in [6, 6.07) is 2.63. The largest absolute Gasteiger partial charge is 0.310 e. The molecule has 1 N–H and O–H groups in total. The molecule has 11 heteroatoms. The Balaban J connectivity index is 2.31. The number of nitro benzene ring substituents is 2. The van der Waals surface area contributed by atoms with Gasteiger partial charge in [0.1, 0.15) is 6.34 Å². The van der Waals surface area contributed by atoms with Gasteiger partial charge in [-0.3, -0.25) is 25.0 Å². The van der Waals surface area contributed by atoms with Crippen LogP contribution in [-0.4, -0.2) is 28.4 Å². The fourth-order valence-electron chi connectivity index (χ4n) is 1.42. The number of rotatable bonds is 4. The summed E-state index contributed by atoms with van der Waals surface area (Å²) in [6.07, 6.45) is 0.196. The van der Waals surface area contributed by atoms with Crippen molar-refractivity contribution in [2.45, 2.75) is 6.29 Å². The highest BCUT2D eigenvalue weighted by Gasteiger charge is 2.21. The van der Waals surface area contributed by atoms with E-state index in [0.29, 0.717) is 0 Å². The number of nitro groups is 2. The molecule has 0 saturated carbocycles. The summed E-state index contributed by atoms with van der Waals surface area (Å²) in [4.78, 5) is 35.2. The molecule has 20 heavy (non-hydrogen) atoms. The first-order chi connectivity index (χ1) is 9.47. The van der Waals surface area contributed by atoms with Crippen LogP contribution in [-0.2, 0) is 0 Å². The molecule has 0 saturated heterocycles. The average molecular weight is 278 g/mol. The monoisotopic (exact) mass is 278 g/mol. The van der Waals surface area contributed by atoms with Crippen LogP contribution in [0, 0.1) is 20.2 Å². The third-order valence-electron chi connectivity index (χ3n) is 2.28. The van der Waals surface area contributed by atoms with Crippen LogP contribution in [0.5, 0.6) is 0 Å². The second kappa shape index (κ2) is 5.17. The lowest BCUT2D eigenvalue weighted by atomic mass is 10.1. The zero-order valence-electron chi connectivity index (χ0n) is 9.66. The molecule has 11 nitrogen and oxygen atoms in total. The summed E-state index contributed by atoms with van der Waals surface area (Å²) in [5, 5.41) is 30.6. The number of nitrogens with one attached hydrogen (secondary N) is 1. The van der Waals surface area contributed by atoms with Gasteiger partial charge in [0.15, 0.2) is 0 Å². The van der Waals surface area contributed by atoms with Crippen LogP contribution in [0.1, 0.15) is 10.4 Å². The molecule has 0 bridgehead atoms. The minimum absolute atomic E-state index is 0.233. The van der Waals surface area contributed by atoms with Crippen molar-refractivity contribution in [2.75, 3.05) is 0 Å². The van der Waals surface area contributed by atoms with Crippen molar-refractivity contribution < 1.29 is 14.6 Å². The predicted molar refractivity (Wildman–Crippen MR) is 64.4 cm³/mol. The van der Waals surface area contributed by atoms with E-state index in [1.54, 1.807) is 0 Å². The van der Waals surface area contributed by atoms with Gasteiger partial charge in [0.25, 0.3) is 17.3 Å². The maximum absolute atomic E-state index is 11.8. The van der Waals surface area contributed by atoms with Crippen molar-refractivity contribution in [1.82, 2.24) is 5.32 Å². The smallest absolute Gasteiger partial charge is 0.277 e. The predicted octanol–water partition coefficient (Wildman–Crippen LogP) is 1.01. The number of carbonyl (C=O) groups is 1. The summed E-state index contributed by atoms with van der Waals surface area (Å²) >= 11 is 0. The van der Waals surface area contributed by atoms with Gasteiger partial charge in [0.2, 0.25) is 6.29 Å². The van der Waals surface area contributed by atoms with Crippen molar-refractivity contribution in [3.63, 3.8) is 0 Å². The molecular weight excluding hydrogens is 272 g/mol. The summed E-state index contributed by atoms with van der Waals surface area (Å²) in [5.41, 5.74) is -1.34. The van der Waals surface area contributed by atoms with Gasteiger partial charge in [0, 0.05) is 12.1 Å². The topological polar surface area (TPSA) is 152 Å². The Bertz CT molecular complexity index is 610. The first-order valence-electron chi connectivity index (χ1n) is 5.14. The van der Waals surface area contributed by atoms with Crippen LogP contribution in [0.4, 0.5) is 11.4 Å². The normalized spacial score (nSPS) is 16.1. The number of aliphatic imine (C=N–C) groups is 1. The molecule has 1 heterocycles. The van der Waals surface area contributed by atoms with E-state index in [1.165, 1.54) is 0 Å². The third kappa shape index (κ3) is 2.77. The second-order valence-electron chi connectivity index (χ2n) is 3.59. The number of azo groups is 1. The number of nitrogens with zero attached hydrogens (tertiary/aromatic N) is 5. The highest BCUT2D eigenvalue weighted by molar-refractivity contribution is 5.95. The van der Waals surface area contributed by atoms with Gasteiger partial charge in [-0.2, -0.15) is 0 Å². The number of non-ortho nitro benzene ring substituents is 2. The third-order valence-corrected chi connectivity index (χ3v) is 2.28. The number of hydrogen-bond acceptors (Lipinski definition) is 8. The molecule has 1 atom stereocenters. The Hall–Kier alpha value is -3.24. The molecule has 2 rings (SSSR count). The van der Waals surface area contributed by atoms with E-state index in [-0.39, 0.29) is 5.56 Å². The molecule has 1 aliphatic rings. The van der Waals surface area contributed by atoms with E-state index in [2.05, 4.69) is 20.5 Å². The Labute approximate surface area is 110 Å². The minimum atomic E-state index is -0.930. The van der Waals surface area contributed by atoms with Gasteiger partial charge in [-0.25, -0.2) is 4.99 Å². The zero-order valence-corrected chi connectivity index (χ0v) is 9.66. The summed E-state index contributed by atoms with van der Waals surface area (Å²) < 4.78 is 0. The second-order valence-corrected chi connectivity index (χ2v) is 3.59. The van der Waals surface area contributed by atoms with Gasteiger partial charge in [-0.1, -0.05) is 0 Å². The van der Waals surface area contributed by atoms with Crippen LogP contribution >= 0.6 is 0 Å². The molecule has 1 aliphatic heterocycles. The fourth-order valence-corrected chi connectivity index (χ4v) is 1.42. The highest BCUT2D eigenvalue weighted by Crippen LogP contribution is 2.22. The standard InChI is InChI=1S/C9H6N6O5/c16-8(12-9-10-4-11-13-9)5-1-6(14(17)18)3-7(2-5)15(19)20/h1-4,9H,(H,12,16)/t9-/m1/s1. The SMILES string of the molecule is O=C(N[C@H]1N=CN=N1)c1cc([N+](=O)[O-])cc([N+](=O)[O-])c1. The van der Waals surface area contributed by atoms with Crippen LogP contribution in [0.25, 0.3) is 0 Å². The maximum atomic E-state index is 11.8. The van der Waals surface area contributed by atoms with Crippen molar-refractivity contribution in [1.29, 1.82) is 0 Å². The van der Waals surface area contributed by atoms with Crippen molar-refractivity contribution in [2.24, 2.45) is 15.2 Å². The van der Waals surface area contributed by atoms with Crippen molar-refractivity contribution >= 4 is 23.6 Å². The maximum Gasteiger partial charge on any atom is 0.277 e. The summed E-state index contributed by atoms with van der Waals surface area (Å²) in [6.45, 7) is 0. The highest BCUT2D eigenvalue weighted by atomic mass is 16.6. The molecule has 0 fully saturated rings. The number of hydrogen-bond donors (Lipinski definition) is 1. The Morgan fingerprint density at radius 2 is 1.75 bits per heavy atom. The molecule has 0 radical (unpaired) electrons. The molecule has 1 aromatic rings. The average Bonchev–Trinajstić information content (AvgIpc) is 2.90. The molecule has 1 aromatic carbocycles. The van der Waals surface area contributed by atoms with E-state index >= 15 is 0 Å². The zero-order chi connectivity index (χ0) is 14.7. The Morgan fingerprint density at radius 3 is 2.20 bits per heavy atom. The summed E-state index contributed by atoms with van der Waals surface area (Å²) in [5.74, 6) is -0.778.